The summed E-state index contributed by atoms with van der Waals surface area (Å²) in [4.78, 5) is 20.6. The average molecular weight is 484 g/mol. The van der Waals surface area contributed by atoms with Crippen LogP contribution in [-0.2, 0) is 20.8 Å². The first-order valence-electron chi connectivity index (χ1n) is 12.0. The highest BCUT2D eigenvalue weighted by Gasteiger charge is 2.33. The average Bonchev–Trinajstić information content (AvgIpc) is 2.69. The van der Waals surface area contributed by atoms with E-state index < -0.39 is 11.2 Å². The molecule has 0 unspecified atom stereocenters. The van der Waals surface area contributed by atoms with E-state index in [1.165, 1.54) is 0 Å². The Kier molecular flexibility index (Phi) is 10.9. The summed E-state index contributed by atoms with van der Waals surface area (Å²) in [5.74, 6) is -0.129. The minimum atomic E-state index is -0.783. The highest BCUT2D eigenvalue weighted by molar-refractivity contribution is 6.29. The van der Waals surface area contributed by atoms with Crippen molar-refractivity contribution in [3.8, 4) is 0 Å². The molecule has 1 aromatic heterocycles. The number of rotatable bonds is 12. The van der Waals surface area contributed by atoms with E-state index in [9.17, 15) is 9.90 Å². The monoisotopic (exact) mass is 483 g/mol. The fourth-order valence-corrected chi connectivity index (χ4v) is 4.13. The predicted molar refractivity (Wildman–Crippen MR) is 133 cm³/mol. The van der Waals surface area contributed by atoms with Gasteiger partial charge in [-0.1, -0.05) is 24.4 Å². The zero-order chi connectivity index (χ0) is 24.5. The first-order valence-corrected chi connectivity index (χ1v) is 12.4. The van der Waals surface area contributed by atoms with Crippen molar-refractivity contribution in [2.24, 2.45) is 0 Å². The lowest BCUT2D eigenvalue weighted by molar-refractivity contribution is -0.154. The topological polar surface area (TPSA) is 75.1 Å². The highest BCUT2D eigenvalue weighted by atomic mass is 35.5. The number of piperidine rings is 1. The molecule has 33 heavy (non-hydrogen) atoms. The van der Waals surface area contributed by atoms with Crippen LogP contribution in [0.15, 0.2) is 12.1 Å². The number of halogens is 1. The van der Waals surface area contributed by atoms with Crippen LogP contribution in [0.25, 0.3) is 0 Å². The molecule has 0 aromatic carbocycles. The number of aromatic nitrogens is 1. The van der Waals surface area contributed by atoms with Crippen molar-refractivity contribution in [1.29, 1.82) is 0 Å². The Morgan fingerprint density at radius 3 is 2.48 bits per heavy atom. The first kappa shape index (κ1) is 27.8. The summed E-state index contributed by atoms with van der Waals surface area (Å²) >= 11 is 6.11. The maximum Gasteiger partial charge on any atom is 0.306 e. The Hall–Kier alpha value is -1.41. The number of carbonyl (C=O) groups excluding carboxylic acids is 1. The van der Waals surface area contributed by atoms with Gasteiger partial charge < -0.3 is 24.4 Å². The van der Waals surface area contributed by atoms with E-state index in [2.05, 4.69) is 14.8 Å². The second-order valence-electron chi connectivity index (χ2n) is 10.4. The maximum absolute atomic E-state index is 11.7. The Bertz CT molecular complexity index is 744. The number of pyridine rings is 1. The molecular formula is C25H42ClN3O4. The molecule has 1 aromatic rings. The summed E-state index contributed by atoms with van der Waals surface area (Å²) in [5.41, 5.74) is 0.847. The van der Waals surface area contributed by atoms with Crippen molar-refractivity contribution < 1.29 is 19.4 Å². The third-order valence-electron chi connectivity index (χ3n) is 5.63. The van der Waals surface area contributed by atoms with E-state index in [0.717, 1.165) is 56.7 Å². The molecule has 1 aliphatic heterocycles. The lowest BCUT2D eigenvalue weighted by Gasteiger charge is -2.39. The third-order valence-corrected chi connectivity index (χ3v) is 5.84. The van der Waals surface area contributed by atoms with Crippen LogP contribution < -0.4 is 4.90 Å². The van der Waals surface area contributed by atoms with Gasteiger partial charge in [-0.05, 0) is 72.7 Å². The van der Waals surface area contributed by atoms with Crippen molar-refractivity contribution in [3.05, 3.63) is 23.0 Å². The Morgan fingerprint density at radius 2 is 1.85 bits per heavy atom. The number of anilines is 1. The SMILES string of the molecule is CN(C)Cc1nc(Cl)ccc1N1CCC(O)(COCCCCCCC(=O)OC(C)(C)C)CC1. The first-order chi connectivity index (χ1) is 15.5. The third kappa shape index (κ3) is 10.6. The standard InChI is InChI=1S/C25H42ClN3O4/c1-24(2,3)33-23(30)10-8-6-7-9-17-32-19-25(31)13-15-29(16-14-25)21-11-12-22(26)27-20(21)18-28(4)5/h11-12,31H,6-10,13-19H2,1-5H3. The van der Waals surface area contributed by atoms with Gasteiger partial charge in [0.15, 0.2) is 0 Å². The maximum atomic E-state index is 11.7. The Labute approximate surface area is 204 Å². The fraction of sp³-hybridized carbons (Fsp3) is 0.760. The fourth-order valence-electron chi connectivity index (χ4n) is 3.96. The van der Waals surface area contributed by atoms with Crippen LogP contribution in [0.3, 0.4) is 0 Å². The van der Waals surface area contributed by atoms with Gasteiger partial charge in [0.2, 0.25) is 0 Å². The van der Waals surface area contributed by atoms with Gasteiger partial charge in [0.1, 0.15) is 10.8 Å². The van der Waals surface area contributed by atoms with Crippen molar-refractivity contribution in [1.82, 2.24) is 9.88 Å². The number of esters is 1. The number of hydrogen-bond donors (Lipinski definition) is 1. The summed E-state index contributed by atoms with van der Waals surface area (Å²) in [6.45, 7) is 8.89. The molecule has 1 fully saturated rings. The molecule has 188 valence electrons. The number of hydrogen-bond acceptors (Lipinski definition) is 7. The molecular weight excluding hydrogens is 442 g/mol. The van der Waals surface area contributed by atoms with Gasteiger partial charge in [0.25, 0.3) is 0 Å². The molecule has 0 radical (unpaired) electrons. The molecule has 0 spiro atoms. The highest BCUT2D eigenvalue weighted by Crippen LogP contribution is 2.29. The summed E-state index contributed by atoms with van der Waals surface area (Å²) in [6, 6.07) is 3.85. The Morgan fingerprint density at radius 1 is 1.18 bits per heavy atom. The molecule has 2 rings (SSSR count). The largest absolute Gasteiger partial charge is 0.460 e. The normalized spacial score (nSPS) is 16.3. The van der Waals surface area contributed by atoms with Crippen LogP contribution in [0.2, 0.25) is 5.15 Å². The molecule has 1 saturated heterocycles. The van der Waals surface area contributed by atoms with Crippen LogP contribution in [0.5, 0.6) is 0 Å². The Balaban J connectivity index is 1.64. The number of aliphatic hydroxyl groups is 1. The number of ether oxygens (including phenoxy) is 2. The van der Waals surface area contributed by atoms with E-state index in [0.29, 0.717) is 37.6 Å². The number of unbranched alkanes of at least 4 members (excludes halogenated alkanes) is 3. The van der Waals surface area contributed by atoms with Gasteiger partial charge in [-0.3, -0.25) is 4.79 Å². The van der Waals surface area contributed by atoms with Gasteiger partial charge in [-0.25, -0.2) is 4.98 Å². The van der Waals surface area contributed by atoms with Gasteiger partial charge in [0.05, 0.1) is 23.6 Å². The van der Waals surface area contributed by atoms with Crippen molar-refractivity contribution in [2.45, 2.75) is 83.5 Å². The van der Waals surface area contributed by atoms with E-state index in [4.69, 9.17) is 21.1 Å². The van der Waals surface area contributed by atoms with Crippen molar-refractivity contribution >= 4 is 23.3 Å². The van der Waals surface area contributed by atoms with E-state index in [1.807, 2.05) is 47.0 Å². The molecule has 8 heteroatoms. The van der Waals surface area contributed by atoms with Crippen LogP contribution >= 0.6 is 11.6 Å². The molecule has 1 N–H and O–H groups in total. The molecule has 7 nitrogen and oxygen atoms in total. The second-order valence-corrected chi connectivity index (χ2v) is 10.7. The molecule has 0 aliphatic carbocycles. The predicted octanol–water partition coefficient (Wildman–Crippen LogP) is 4.44. The second kappa shape index (κ2) is 12.9. The summed E-state index contributed by atoms with van der Waals surface area (Å²) < 4.78 is 11.1. The van der Waals surface area contributed by atoms with Gasteiger partial charge in [-0.15, -0.1) is 0 Å². The van der Waals surface area contributed by atoms with Crippen LogP contribution in [-0.4, -0.2) is 72.6 Å². The molecule has 0 saturated carbocycles. The quantitative estimate of drug-likeness (QED) is 0.267. The minimum absolute atomic E-state index is 0.129. The van der Waals surface area contributed by atoms with Crippen LogP contribution in [0, 0.1) is 0 Å². The van der Waals surface area contributed by atoms with E-state index in [1.54, 1.807) is 0 Å². The number of nitrogens with zero attached hydrogens (tertiary/aromatic N) is 3. The molecule has 2 heterocycles. The smallest absolute Gasteiger partial charge is 0.306 e. The number of carbonyl (C=O) groups is 1. The lowest BCUT2D eigenvalue weighted by Crippen LogP contribution is -2.47. The van der Waals surface area contributed by atoms with Gasteiger partial charge in [-0.2, -0.15) is 0 Å². The van der Waals surface area contributed by atoms with Crippen LogP contribution in [0.4, 0.5) is 5.69 Å². The zero-order valence-electron chi connectivity index (χ0n) is 21.0. The minimum Gasteiger partial charge on any atom is -0.460 e. The summed E-state index contributed by atoms with van der Waals surface area (Å²) in [6.07, 6.45) is 5.54. The van der Waals surface area contributed by atoms with Crippen LogP contribution in [0.1, 0.15) is 71.4 Å². The lowest BCUT2D eigenvalue weighted by atomic mass is 9.92. The van der Waals surface area contributed by atoms with E-state index >= 15 is 0 Å². The molecule has 0 atom stereocenters. The molecule has 0 amide bonds. The van der Waals surface area contributed by atoms with Gasteiger partial charge >= 0.3 is 5.97 Å². The van der Waals surface area contributed by atoms with Crippen molar-refractivity contribution in [2.75, 3.05) is 45.3 Å². The summed E-state index contributed by atoms with van der Waals surface area (Å²) in [5, 5.41) is 11.4. The van der Waals surface area contributed by atoms with Gasteiger partial charge in [0, 0.05) is 32.7 Å². The molecule has 1 aliphatic rings. The van der Waals surface area contributed by atoms with Crippen molar-refractivity contribution in [3.63, 3.8) is 0 Å². The summed E-state index contributed by atoms with van der Waals surface area (Å²) in [7, 11) is 4.03. The van der Waals surface area contributed by atoms with E-state index in [-0.39, 0.29) is 5.97 Å². The molecule has 0 bridgehead atoms. The zero-order valence-corrected chi connectivity index (χ0v) is 21.8.